The Morgan fingerprint density at radius 1 is 1.09 bits per heavy atom. The van der Waals surface area contributed by atoms with E-state index in [0.29, 0.717) is 12.8 Å². The number of esters is 2. The highest BCUT2D eigenvalue weighted by Crippen LogP contribution is 2.07. The lowest BCUT2D eigenvalue weighted by Gasteiger charge is -2.13. The first-order valence-corrected chi connectivity index (χ1v) is 7.57. The normalized spacial score (nSPS) is 13.0. The Kier molecular flexibility index (Phi) is 7.97. The first-order valence-electron chi connectivity index (χ1n) is 7.57. The van der Waals surface area contributed by atoms with Gasteiger partial charge in [-0.15, -0.1) is 0 Å². The van der Waals surface area contributed by atoms with Crippen LogP contribution in [0.25, 0.3) is 0 Å². The fourth-order valence-electron chi connectivity index (χ4n) is 2.08. The van der Waals surface area contributed by atoms with Crippen molar-refractivity contribution in [1.82, 2.24) is 0 Å². The number of carbonyl (C=O) groups excluding carboxylic acids is 3. The van der Waals surface area contributed by atoms with Crippen molar-refractivity contribution in [2.24, 2.45) is 5.73 Å². The highest BCUT2D eigenvalue weighted by molar-refractivity contribution is 5.84. The average Bonchev–Trinajstić information content (AvgIpc) is 2.47. The van der Waals surface area contributed by atoms with Crippen LogP contribution in [0.4, 0.5) is 0 Å². The second-order valence-electron chi connectivity index (χ2n) is 5.28. The van der Waals surface area contributed by atoms with Crippen LogP contribution in [0.15, 0.2) is 30.3 Å². The van der Waals surface area contributed by atoms with Gasteiger partial charge in [0.15, 0.2) is 0 Å². The Morgan fingerprint density at radius 3 is 2.35 bits per heavy atom. The Labute approximate surface area is 135 Å². The molecule has 1 aromatic carbocycles. The van der Waals surface area contributed by atoms with E-state index in [0.717, 1.165) is 5.56 Å². The molecule has 0 radical (unpaired) electrons. The summed E-state index contributed by atoms with van der Waals surface area (Å²) in [6, 6.07) is 8.95. The molecule has 0 aliphatic rings. The van der Waals surface area contributed by atoms with Crippen LogP contribution in [-0.2, 0) is 30.3 Å². The lowest BCUT2D eigenvalue weighted by Crippen LogP contribution is -2.32. The lowest BCUT2D eigenvalue weighted by atomic mass is 10.00. The molecule has 0 saturated heterocycles. The van der Waals surface area contributed by atoms with Crippen LogP contribution in [0.1, 0.15) is 38.7 Å². The molecule has 1 aromatic rings. The Bertz CT molecular complexity index is 529. The number of rotatable bonds is 9. The Morgan fingerprint density at radius 2 is 1.74 bits per heavy atom. The van der Waals surface area contributed by atoms with Crippen molar-refractivity contribution in [3.05, 3.63) is 35.9 Å². The third kappa shape index (κ3) is 8.11. The van der Waals surface area contributed by atoms with E-state index in [4.69, 9.17) is 10.5 Å². The summed E-state index contributed by atoms with van der Waals surface area (Å²) in [4.78, 5) is 34.2. The monoisotopic (exact) mass is 321 g/mol. The zero-order chi connectivity index (χ0) is 17.2. The van der Waals surface area contributed by atoms with Crippen molar-refractivity contribution in [1.29, 1.82) is 0 Å². The van der Waals surface area contributed by atoms with Gasteiger partial charge < -0.3 is 15.2 Å². The molecule has 0 heterocycles. The zero-order valence-corrected chi connectivity index (χ0v) is 13.5. The predicted molar refractivity (Wildman–Crippen MR) is 84.3 cm³/mol. The molecular formula is C17H23NO5. The summed E-state index contributed by atoms with van der Waals surface area (Å²) in [5.74, 6) is -1.12. The molecule has 0 spiro atoms. The maximum absolute atomic E-state index is 12.0. The van der Waals surface area contributed by atoms with E-state index in [1.807, 2.05) is 30.3 Å². The lowest BCUT2D eigenvalue weighted by molar-refractivity contribution is -0.182. The fraction of sp³-hybridized carbons (Fsp3) is 0.471. The van der Waals surface area contributed by atoms with E-state index in [-0.39, 0.29) is 18.6 Å². The van der Waals surface area contributed by atoms with Gasteiger partial charge in [-0.25, -0.2) is 0 Å². The number of benzene rings is 1. The van der Waals surface area contributed by atoms with Crippen LogP contribution in [0.5, 0.6) is 0 Å². The van der Waals surface area contributed by atoms with Gasteiger partial charge in [-0.2, -0.15) is 0 Å². The smallest absolute Gasteiger partial charge is 0.308 e. The van der Waals surface area contributed by atoms with E-state index in [9.17, 15) is 14.4 Å². The van der Waals surface area contributed by atoms with Crippen LogP contribution in [0, 0.1) is 0 Å². The molecule has 0 aromatic heterocycles. The number of ether oxygens (including phenoxy) is 2. The number of hydrogen-bond acceptors (Lipinski definition) is 6. The third-order valence-electron chi connectivity index (χ3n) is 3.15. The van der Waals surface area contributed by atoms with Gasteiger partial charge in [0.2, 0.25) is 6.29 Å². The molecule has 6 nitrogen and oxygen atoms in total. The van der Waals surface area contributed by atoms with E-state index < -0.39 is 24.3 Å². The zero-order valence-electron chi connectivity index (χ0n) is 13.5. The first kappa shape index (κ1) is 18.8. The van der Waals surface area contributed by atoms with Crippen molar-refractivity contribution in [2.75, 3.05) is 0 Å². The molecular weight excluding hydrogens is 298 g/mol. The number of hydrogen-bond donors (Lipinski definition) is 1. The maximum Gasteiger partial charge on any atom is 0.308 e. The molecule has 2 atom stereocenters. The fourth-order valence-corrected chi connectivity index (χ4v) is 2.08. The molecule has 0 bridgehead atoms. The molecule has 0 aliphatic carbocycles. The number of nitrogens with two attached hydrogens (primary N) is 1. The Hall–Kier alpha value is -2.21. The first-order chi connectivity index (χ1) is 10.9. The summed E-state index contributed by atoms with van der Waals surface area (Å²) >= 11 is 0. The molecule has 23 heavy (non-hydrogen) atoms. The maximum atomic E-state index is 12.0. The standard InChI is InChI=1S/C17H23NO5/c1-12(19)22-13(2)23-17(21)10-6-9-16(20)15(18)11-14-7-4-3-5-8-14/h3-5,7-8,13,15H,6,9-11,18H2,1-2H3. The molecule has 1 rings (SSSR count). The van der Waals surface area contributed by atoms with Crippen LogP contribution in [-0.4, -0.2) is 30.1 Å². The van der Waals surface area contributed by atoms with Gasteiger partial charge in [-0.1, -0.05) is 30.3 Å². The van der Waals surface area contributed by atoms with Gasteiger partial charge >= 0.3 is 11.9 Å². The van der Waals surface area contributed by atoms with E-state index in [2.05, 4.69) is 4.74 Å². The summed E-state index contributed by atoms with van der Waals surface area (Å²) < 4.78 is 9.56. The summed E-state index contributed by atoms with van der Waals surface area (Å²) in [6.07, 6.45) is 0.206. The van der Waals surface area contributed by atoms with Gasteiger partial charge in [0.1, 0.15) is 5.78 Å². The number of Topliss-reactive ketones (excluding diaryl/α,β-unsaturated/α-hetero) is 1. The summed E-state index contributed by atoms with van der Waals surface area (Å²) in [6.45, 7) is 2.69. The minimum Gasteiger partial charge on any atom is -0.426 e. The second kappa shape index (κ2) is 9.74. The average molecular weight is 321 g/mol. The van der Waals surface area contributed by atoms with Crippen LogP contribution in [0.3, 0.4) is 0 Å². The van der Waals surface area contributed by atoms with E-state index >= 15 is 0 Å². The van der Waals surface area contributed by atoms with Crippen molar-refractivity contribution >= 4 is 17.7 Å². The van der Waals surface area contributed by atoms with Crippen LogP contribution < -0.4 is 5.73 Å². The second-order valence-corrected chi connectivity index (χ2v) is 5.28. The molecule has 0 aliphatic heterocycles. The molecule has 2 N–H and O–H groups in total. The minimum atomic E-state index is -0.920. The summed E-state index contributed by atoms with van der Waals surface area (Å²) in [5.41, 5.74) is 6.88. The molecule has 6 heteroatoms. The summed E-state index contributed by atoms with van der Waals surface area (Å²) in [5, 5.41) is 0. The Balaban J connectivity index is 2.25. The van der Waals surface area contributed by atoms with Gasteiger partial charge in [0.25, 0.3) is 0 Å². The van der Waals surface area contributed by atoms with E-state index in [1.54, 1.807) is 0 Å². The molecule has 0 fully saturated rings. The van der Waals surface area contributed by atoms with Crippen LogP contribution in [0.2, 0.25) is 0 Å². The van der Waals surface area contributed by atoms with Gasteiger partial charge in [-0.05, 0) is 18.4 Å². The van der Waals surface area contributed by atoms with Crippen molar-refractivity contribution in [3.8, 4) is 0 Å². The number of ketones is 1. The molecule has 126 valence electrons. The third-order valence-corrected chi connectivity index (χ3v) is 3.15. The van der Waals surface area contributed by atoms with Crippen LogP contribution >= 0.6 is 0 Å². The highest BCUT2D eigenvalue weighted by Gasteiger charge is 2.16. The molecule has 0 saturated carbocycles. The topological polar surface area (TPSA) is 95.7 Å². The van der Waals surface area contributed by atoms with Gasteiger partial charge in [0.05, 0.1) is 6.04 Å². The SMILES string of the molecule is CC(=O)OC(C)OC(=O)CCCC(=O)C(N)Cc1ccccc1. The molecule has 2 unspecified atom stereocenters. The quantitative estimate of drug-likeness (QED) is 0.550. The van der Waals surface area contributed by atoms with Crippen molar-refractivity contribution in [3.63, 3.8) is 0 Å². The molecule has 0 amide bonds. The largest absolute Gasteiger partial charge is 0.426 e. The minimum absolute atomic E-state index is 0.0788. The highest BCUT2D eigenvalue weighted by atomic mass is 16.7. The van der Waals surface area contributed by atoms with E-state index in [1.165, 1.54) is 13.8 Å². The van der Waals surface area contributed by atoms with Gasteiger partial charge in [0, 0.05) is 26.7 Å². The van der Waals surface area contributed by atoms with Crippen molar-refractivity contribution < 1.29 is 23.9 Å². The van der Waals surface area contributed by atoms with Gasteiger partial charge in [-0.3, -0.25) is 14.4 Å². The predicted octanol–water partition coefficient (Wildman–Crippen LogP) is 1.75. The number of carbonyl (C=O) groups is 3. The summed E-state index contributed by atoms with van der Waals surface area (Å²) in [7, 11) is 0. The van der Waals surface area contributed by atoms with Crippen molar-refractivity contribution in [2.45, 2.75) is 51.9 Å².